The van der Waals surface area contributed by atoms with E-state index >= 15 is 0 Å². The summed E-state index contributed by atoms with van der Waals surface area (Å²) in [5, 5.41) is 9.84. The van der Waals surface area contributed by atoms with Crippen LogP contribution in [-0.2, 0) is 11.3 Å². The monoisotopic (exact) mass is 284 g/mol. The van der Waals surface area contributed by atoms with Gasteiger partial charge in [0.1, 0.15) is 4.83 Å². The maximum atomic E-state index is 12.3. The van der Waals surface area contributed by atoms with E-state index < -0.39 is 5.97 Å². The molecule has 0 amide bonds. The number of thioether (sulfide) groups is 1. The van der Waals surface area contributed by atoms with Crippen LogP contribution in [0.2, 0.25) is 0 Å². The Bertz CT molecular complexity index is 660. The molecule has 0 aliphatic heterocycles. The molecule has 0 aromatic carbocycles. The van der Waals surface area contributed by atoms with Crippen LogP contribution in [0.1, 0.15) is 11.3 Å². The summed E-state index contributed by atoms with van der Waals surface area (Å²) in [5.41, 5.74) is -0.157. The van der Waals surface area contributed by atoms with Gasteiger partial charge in [-0.3, -0.25) is 14.2 Å². The molecule has 18 heavy (non-hydrogen) atoms. The lowest BCUT2D eigenvalue weighted by atomic mass is 10.3. The van der Waals surface area contributed by atoms with Gasteiger partial charge in [-0.05, 0) is 19.2 Å². The molecule has 0 aliphatic carbocycles. The second-order valence-corrected chi connectivity index (χ2v) is 5.78. The summed E-state index contributed by atoms with van der Waals surface area (Å²) in [7, 11) is 0. The molecular formula is C11H12N2O3S2. The maximum Gasteiger partial charge on any atom is 0.305 e. The van der Waals surface area contributed by atoms with E-state index in [0.717, 1.165) is 4.88 Å². The first-order valence-corrected chi connectivity index (χ1v) is 7.34. The quantitative estimate of drug-likeness (QED) is 0.686. The van der Waals surface area contributed by atoms with Crippen molar-refractivity contribution >= 4 is 39.3 Å². The van der Waals surface area contributed by atoms with Crippen LogP contribution >= 0.6 is 23.1 Å². The number of carboxylic acids is 1. The standard InChI is InChI=1S/C11H12N2O3S2/c1-6-5-7-9(18-6)12-11(17-2)13(10(7)16)4-3-8(14)15/h5H,3-4H2,1-2H3,(H,14,15). The number of fused-ring (bicyclic) bond motifs is 1. The molecule has 0 spiro atoms. The van der Waals surface area contributed by atoms with Crippen molar-refractivity contribution in [3.63, 3.8) is 0 Å². The van der Waals surface area contributed by atoms with Crippen LogP contribution in [0.3, 0.4) is 0 Å². The Balaban J connectivity index is 2.58. The summed E-state index contributed by atoms with van der Waals surface area (Å²) in [6.07, 6.45) is 1.75. The minimum absolute atomic E-state index is 0.0796. The minimum Gasteiger partial charge on any atom is -0.481 e. The normalized spacial score (nSPS) is 11.0. The molecular weight excluding hydrogens is 272 g/mol. The van der Waals surface area contributed by atoms with Gasteiger partial charge in [0.2, 0.25) is 0 Å². The van der Waals surface area contributed by atoms with Crippen LogP contribution in [0, 0.1) is 6.92 Å². The Hall–Kier alpha value is -1.34. The number of aryl methyl sites for hydroxylation is 1. The van der Waals surface area contributed by atoms with Crippen molar-refractivity contribution < 1.29 is 9.90 Å². The van der Waals surface area contributed by atoms with Crippen LogP contribution in [0.15, 0.2) is 16.0 Å². The van der Waals surface area contributed by atoms with Crippen molar-refractivity contribution in [2.75, 3.05) is 6.26 Å². The van der Waals surface area contributed by atoms with Crippen LogP contribution < -0.4 is 5.56 Å². The number of nitrogens with zero attached hydrogens (tertiary/aromatic N) is 2. The van der Waals surface area contributed by atoms with Gasteiger partial charge in [0.15, 0.2) is 5.16 Å². The summed E-state index contributed by atoms with van der Waals surface area (Å²) in [5.74, 6) is -0.921. The second kappa shape index (κ2) is 5.11. The summed E-state index contributed by atoms with van der Waals surface area (Å²) >= 11 is 2.83. The number of aliphatic carboxylic acids is 1. The third-order valence-corrected chi connectivity index (χ3v) is 4.09. The summed E-state index contributed by atoms with van der Waals surface area (Å²) in [6, 6.07) is 1.80. The number of carbonyl (C=O) groups is 1. The van der Waals surface area contributed by atoms with Crippen molar-refractivity contribution in [3.05, 3.63) is 21.3 Å². The third-order valence-electron chi connectivity index (χ3n) is 2.47. The molecule has 0 unspecified atom stereocenters. The van der Waals surface area contributed by atoms with Crippen molar-refractivity contribution in [2.24, 2.45) is 0 Å². The van der Waals surface area contributed by atoms with E-state index in [1.165, 1.54) is 27.7 Å². The second-order valence-electron chi connectivity index (χ2n) is 3.77. The van der Waals surface area contributed by atoms with Gasteiger partial charge in [0, 0.05) is 11.4 Å². The Kier molecular flexibility index (Phi) is 3.72. The highest BCUT2D eigenvalue weighted by Crippen LogP contribution is 2.23. The summed E-state index contributed by atoms with van der Waals surface area (Å²) in [4.78, 5) is 29.0. The molecule has 2 aromatic heterocycles. The number of carboxylic acid groups (broad SMARTS) is 1. The van der Waals surface area contributed by atoms with Crippen molar-refractivity contribution in [1.29, 1.82) is 0 Å². The largest absolute Gasteiger partial charge is 0.481 e. The number of hydrogen-bond donors (Lipinski definition) is 1. The molecule has 0 fully saturated rings. The van der Waals surface area contributed by atoms with Crippen LogP contribution in [0.5, 0.6) is 0 Å². The Morgan fingerprint density at radius 1 is 1.61 bits per heavy atom. The first-order valence-electron chi connectivity index (χ1n) is 5.29. The van der Waals surface area contributed by atoms with Gasteiger partial charge in [-0.2, -0.15) is 0 Å². The van der Waals surface area contributed by atoms with E-state index in [4.69, 9.17) is 5.11 Å². The zero-order valence-electron chi connectivity index (χ0n) is 9.97. The number of aromatic nitrogens is 2. The highest BCUT2D eigenvalue weighted by molar-refractivity contribution is 7.98. The molecule has 96 valence electrons. The van der Waals surface area contributed by atoms with Crippen LogP contribution in [-0.4, -0.2) is 26.9 Å². The van der Waals surface area contributed by atoms with E-state index in [0.29, 0.717) is 15.4 Å². The van der Waals surface area contributed by atoms with Crippen molar-refractivity contribution in [3.8, 4) is 0 Å². The topological polar surface area (TPSA) is 72.2 Å². The average molecular weight is 284 g/mol. The SMILES string of the molecule is CSc1nc2sc(C)cc2c(=O)n1CCC(=O)O. The van der Waals surface area contributed by atoms with Gasteiger partial charge in [0.25, 0.3) is 5.56 Å². The summed E-state index contributed by atoms with van der Waals surface area (Å²) in [6.45, 7) is 2.08. The maximum absolute atomic E-state index is 12.3. The fourth-order valence-corrected chi connectivity index (χ4v) is 3.18. The van der Waals surface area contributed by atoms with E-state index in [9.17, 15) is 9.59 Å². The fraction of sp³-hybridized carbons (Fsp3) is 0.364. The van der Waals surface area contributed by atoms with Gasteiger partial charge >= 0.3 is 5.97 Å². The molecule has 5 nitrogen and oxygen atoms in total. The molecule has 0 aliphatic rings. The molecule has 0 saturated heterocycles. The van der Waals surface area contributed by atoms with Crippen LogP contribution in [0.25, 0.3) is 10.2 Å². The minimum atomic E-state index is -0.921. The Morgan fingerprint density at radius 2 is 2.33 bits per heavy atom. The Labute approximate surface area is 111 Å². The van der Waals surface area contributed by atoms with Crippen molar-refractivity contribution in [2.45, 2.75) is 25.0 Å². The highest BCUT2D eigenvalue weighted by atomic mass is 32.2. The predicted octanol–water partition coefficient (Wildman–Crippen LogP) is 1.96. The van der Waals surface area contributed by atoms with E-state index in [-0.39, 0.29) is 18.5 Å². The lowest BCUT2D eigenvalue weighted by Crippen LogP contribution is -2.23. The molecule has 0 radical (unpaired) electrons. The Morgan fingerprint density at radius 3 is 2.94 bits per heavy atom. The smallest absolute Gasteiger partial charge is 0.305 e. The first-order chi connectivity index (χ1) is 8.52. The average Bonchev–Trinajstić information content (AvgIpc) is 2.68. The fourth-order valence-electron chi connectivity index (χ4n) is 1.68. The highest BCUT2D eigenvalue weighted by Gasteiger charge is 2.13. The lowest BCUT2D eigenvalue weighted by Gasteiger charge is -2.08. The number of hydrogen-bond acceptors (Lipinski definition) is 5. The van der Waals surface area contributed by atoms with Gasteiger partial charge < -0.3 is 5.11 Å². The zero-order chi connectivity index (χ0) is 13.3. The first kappa shape index (κ1) is 13.1. The van der Waals surface area contributed by atoms with E-state index in [2.05, 4.69) is 4.98 Å². The van der Waals surface area contributed by atoms with Gasteiger partial charge in [-0.25, -0.2) is 4.98 Å². The third kappa shape index (κ3) is 2.41. The van der Waals surface area contributed by atoms with Gasteiger partial charge in [-0.15, -0.1) is 11.3 Å². The molecule has 1 N–H and O–H groups in total. The van der Waals surface area contributed by atoms with Gasteiger partial charge in [0.05, 0.1) is 11.8 Å². The van der Waals surface area contributed by atoms with Crippen molar-refractivity contribution in [1.82, 2.24) is 9.55 Å². The molecule has 2 heterocycles. The van der Waals surface area contributed by atoms with Gasteiger partial charge in [-0.1, -0.05) is 11.8 Å². The zero-order valence-corrected chi connectivity index (χ0v) is 11.6. The lowest BCUT2D eigenvalue weighted by molar-refractivity contribution is -0.137. The van der Waals surface area contributed by atoms with E-state index in [1.54, 1.807) is 6.07 Å². The molecule has 0 saturated carbocycles. The van der Waals surface area contributed by atoms with Crippen LogP contribution in [0.4, 0.5) is 0 Å². The number of thiophene rings is 1. The summed E-state index contributed by atoms with van der Waals surface area (Å²) < 4.78 is 1.44. The number of rotatable bonds is 4. The molecule has 7 heteroatoms. The predicted molar refractivity (Wildman–Crippen MR) is 72.7 cm³/mol. The molecule has 2 rings (SSSR count). The molecule has 2 aromatic rings. The molecule has 0 atom stereocenters. The van der Waals surface area contributed by atoms with E-state index in [1.807, 2.05) is 13.2 Å². The molecule has 0 bridgehead atoms.